The van der Waals surface area contributed by atoms with Crippen LogP contribution < -0.4 is 5.32 Å². The van der Waals surface area contributed by atoms with Gasteiger partial charge in [-0.1, -0.05) is 17.4 Å². The number of amides is 1. The fourth-order valence-electron chi connectivity index (χ4n) is 3.23. The van der Waals surface area contributed by atoms with Gasteiger partial charge in [-0.2, -0.15) is 0 Å². The summed E-state index contributed by atoms with van der Waals surface area (Å²) >= 11 is 1.39. The van der Waals surface area contributed by atoms with Crippen molar-refractivity contribution in [3.8, 4) is 0 Å². The molecule has 1 fully saturated rings. The smallest absolute Gasteiger partial charge is 0.310 e. The molecule has 3 rings (SSSR count). The molecule has 1 aromatic carbocycles. The van der Waals surface area contributed by atoms with Crippen molar-refractivity contribution in [2.45, 2.75) is 19.9 Å². The average molecular weight is 430 g/mol. The number of anilines is 1. The van der Waals surface area contributed by atoms with Crippen molar-refractivity contribution >= 4 is 46.2 Å². The minimum Gasteiger partial charge on any atom is -0.469 e. The van der Waals surface area contributed by atoms with Crippen LogP contribution in [0.3, 0.4) is 0 Å². The number of nitrogens with zero attached hydrogens (tertiary/aromatic N) is 3. The predicted octanol–water partition coefficient (Wildman–Crippen LogP) is 3.18. The van der Waals surface area contributed by atoms with E-state index in [2.05, 4.69) is 15.2 Å². The number of methoxy groups -OCH3 is 1. The van der Waals surface area contributed by atoms with Crippen LogP contribution in [0.25, 0.3) is 12.2 Å². The second kappa shape index (κ2) is 9.59. The summed E-state index contributed by atoms with van der Waals surface area (Å²) < 4.78 is 4.84. The number of aromatic nitrogens is 1. The lowest BCUT2D eigenvalue weighted by Crippen LogP contribution is -2.23. The third-order valence-electron chi connectivity index (χ3n) is 4.72. The summed E-state index contributed by atoms with van der Waals surface area (Å²) in [7, 11) is 1.40. The van der Waals surface area contributed by atoms with Crippen molar-refractivity contribution in [3.05, 3.63) is 50.5 Å². The van der Waals surface area contributed by atoms with Crippen LogP contribution in [0.1, 0.15) is 29.5 Å². The maximum absolute atomic E-state index is 11.8. The topological polar surface area (TPSA) is 115 Å². The molecule has 0 bridgehead atoms. The molecule has 10 heteroatoms. The fourth-order valence-corrected chi connectivity index (χ4v) is 4.27. The molecule has 1 saturated heterocycles. The van der Waals surface area contributed by atoms with Crippen molar-refractivity contribution in [3.63, 3.8) is 0 Å². The van der Waals surface area contributed by atoms with E-state index in [1.165, 1.54) is 37.5 Å². The molecular weight excluding hydrogens is 408 g/mol. The van der Waals surface area contributed by atoms with Crippen molar-refractivity contribution in [1.82, 2.24) is 9.88 Å². The van der Waals surface area contributed by atoms with E-state index in [1.807, 2.05) is 12.2 Å². The number of nitro benzene ring substituents is 1. The normalized spacial score (nSPS) is 16.7. The Labute approximate surface area is 177 Å². The van der Waals surface area contributed by atoms with Crippen LogP contribution in [0.5, 0.6) is 0 Å². The van der Waals surface area contributed by atoms with E-state index in [9.17, 15) is 19.7 Å². The number of hydrogen-bond donors (Lipinski definition) is 1. The van der Waals surface area contributed by atoms with Gasteiger partial charge in [-0.25, -0.2) is 4.98 Å². The highest BCUT2D eigenvalue weighted by atomic mass is 32.1. The lowest BCUT2D eigenvalue weighted by Gasteiger charge is -2.14. The van der Waals surface area contributed by atoms with Gasteiger partial charge in [0.05, 0.1) is 23.6 Å². The van der Waals surface area contributed by atoms with Gasteiger partial charge in [-0.3, -0.25) is 24.6 Å². The first-order valence-corrected chi connectivity index (χ1v) is 10.2. The molecule has 1 aromatic heterocycles. The molecule has 1 atom stereocenters. The maximum atomic E-state index is 11.8. The highest BCUT2D eigenvalue weighted by Crippen LogP contribution is 2.29. The van der Waals surface area contributed by atoms with Gasteiger partial charge in [0.15, 0.2) is 5.13 Å². The van der Waals surface area contributed by atoms with Crippen LogP contribution in [0.4, 0.5) is 10.8 Å². The molecule has 2 heterocycles. The Morgan fingerprint density at radius 3 is 2.73 bits per heavy atom. The highest BCUT2D eigenvalue weighted by molar-refractivity contribution is 7.16. The van der Waals surface area contributed by atoms with Gasteiger partial charge < -0.3 is 10.1 Å². The number of carbonyl (C=O) groups excluding carboxylic acids is 2. The Kier molecular flexibility index (Phi) is 6.91. The van der Waals surface area contributed by atoms with E-state index < -0.39 is 4.92 Å². The number of benzene rings is 1. The molecule has 1 aliphatic rings. The molecule has 0 spiro atoms. The number of carbonyl (C=O) groups is 2. The van der Waals surface area contributed by atoms with E-state index in [4.69, 9.17) is 4.74 Å². The number of ether oxygens (including phenoxy) is 1. The molecule has 1 N–H and O–H groups in total. The highest BCUT2D eigenvalue weighted by Gasteiger charge is 2.29. The number of nitrogens with one attached hydrogen (secondary N) is 1. The van der Waals surface area contributed by atoms with Gasteiger partial charge in [-0.15, -0.1) is 0 Å². The molecule has 0 aliphatic carbocycles. The average Bonchev–Trinajstić information content (AvgIpc) is 3.33. The van der Waals surface area contributed by atoms with Crippen molar-refractivity contribution in [2.75, 3.05) is 25.5 Å². The first-order chi connectivity index (χ1) is 14.4. The second-order valence-corrected chi connectivity index (χ2v) is 8.02. The van der Waals surface area contributed by atoms with Gasteiger partial charge in [0.25, 0.3) is 5.69 Å². The fraction of sp³-hybridized carbons (Fsp3) is 0.350. The predicted molar refractivity (Wildman–Crippen MR) is 114 cm³/mol. The molecule has 1 aliphatic heterocycles. The first kappa shape index (κ1) is 21.6. The molecule has 1 amide bonds. The minimum absolute atomic E-state index is 0.0311. The molecule has 0 unspecified atom stereocenters. The number of esters is 1. The zero-order chi connectivity index (χ0) is 21.7. The van der Waals surface area contributed by atoms with E-state index in [0.717, 1.165) is 23.4 Å². The van der Waals surface area contributed by atoms with Crippen LogP contribution in [0, 0.1) is 16.0 Å². The zero-order valence-corrected chi connectivity index (χ0v) is 17.5. The number of rotatable bonds is 7. The Morgan fingerprint density at radius 1 is 1.37 bits per heavy atom. The monoisotopic (exact) mass is 430 g/mol. The van der Waals surface area contributed by atoms with Gasteiger partial charge in [0, 0.05) is 37.0 Å². The van der Waals surface area contributed by atoms with Gasteiger partial charge in [0.2, 0.25) is 5.91 Å². The lowest BCUT2D eigenvalue weighted by atomic mass is 10.1. The van der Waals surface area contributed by atoms with Gasteiger partial charge in [0.1, 0.15) is 0 Å². The van der Waals surface area contributed by atoms with E-state index >= 15 is 0 Å². The van der Waals surface area contributed by atoms with Gasteiger partial charge >= 0.3 is 5.97 Å². The zero-order valence-electron chi connectivity index (χ0n) is 16.7. The van der Waals surface area contributed by atoms with Crippen LogP contribution in [-0.4, -0.2) is 46.9 Å². The Morgan fingerprint density at radius 2 is 2.10 bits per heavy atom. The number of nitro groups is 1. The molecule has 30 heavy (non-hydrogen) atoms. The third-order valence-corrected chi connectivity index (χ3v) is 5.69. The molecule has 158 valence electrons. The van der Waals surface area contributed by atoms with E-state index in [-0.39, 0.29) is 23.5 Å². The molecule has 0 saturated carbocycles. The third kappa shape index (κ3) is 5.49. The summed E-state index contributed by atoms with van der Waals surface area (Å²) in [5.41, 5.74) is 1.54. The standard InChI is InChI=1S/C20H22N4O5S/c1-13(25)21-20-22-17(8-5-14-3-6-16(7-4-14)24(27)28)18(30-20)12-23-10-9-15(11-23)19(26)29-2/h3-8,15H,9-12H2,1-2H3,(H,21,22,25)/t15-/m1/s1. The summed E-state index contributed by atoms with van der Waals surface area (Å²) in [6, 6.07) is 6.22. The molecule has 2 aromatic rings. The van der Waals surface area contributed by atoms with Crippen LogP contribution in [0.2, 0.25) is 0 Å². The summed E-state index contributed by atoms with van der Waals surface area (Å²) in [5.74, 6) is -0.524. The van der Waals surface area contributed by atoms with E-state index in [0.29, 0.717) is 23.9 Å². The number of thiazole rings is 1. The molecule has 9 nitrogen and oxygen atoms in total. The van der Waals surface area contributed by atoms with Crippen molar-refractivity contribution in [2.24, 2.45) is 5.92 Å². The van der Waals surface area contributed by atoms with Crippen molar-refractivity contribution < 1.29 is 19.2 Å². The number of likely N-dealkylation sites (tertiary alicyclic amines) is 1. The summed E-state index contributed by atoms with van der Waals surface area (Å²) in [4.78, 5) is 41.2. The van der Waals surface area contributed by atoms with Crippen LogP contribution in [0.15, 0.2) is 24.3 Å². The minimum atomic E-state index is -0.441. The maximum Gasteiger partial charge on any atom is 0.310 e. The lowest BCUT2D eigenvalue weighted by molar-refractivity contribution is -0.384. The SMILES string of the molecule is COC(=O)[C@@H]1CCN(Cc2sc(NC(C)=O)nc2C=Cc2ccc([N+](=O)[O-])cc2)C1. The van der Waals surface area contributed by atoms with E-state index in [1.54, 1.807) is 12.1 Å². The Hall–Kier alpha value is -3.11. The Bertz CT molecular complexity index is 970. The van der Waals surface area contributed by atoms with Crippen molar-refractivity contribution in [1.29, 1.82) is 0 Å². The van der Waals surface area contributed by atoms with Crippen LogP contribution >= 0.6 is 11.3 Å². The Balaban J connectivity index is 1.77. The first-order valence-electron chi connectivity index (χ1n) is 9.35. The second-order valence-electron chi connectivity index (χ2n) is 6.93. The largest absolute Gasteiger partial charge is 0.469 e. The number of hydrogen-bond acceptors (Lipinski definition) is 8. The summed E-state index contributed by atoms with van der Waals surface area (Å²) in [6.07, 6.45) is 4.39. The number of non-ortho nitro benzene ring substituents is 1. The van der Waals surface area contributed by atoms with Crippen LogP contribution in [-0.2, 0) is 20.9 Å². The molecule has 0 radical (unpaired) electrons. The summed E-state index contributed by atoms with van der Waals surface area (Å²) in [5, 5.41) is 14.0. The quantitative estimate of drug-likeness (QED) is 0.407. The van der Waals surface area contributed by atoms with Gasteiger partial charge in [-0.05, 0) is 36.7 Å². The molecular formula is C20H22N4O5S. The summed E-state index contributed by atoms with van der Waals surface area (Å²) in [6.45, 7) is 3.42.